The van der Waals surface area contributed by atoms with Gasteiger partial charge >= 0.3 is 0 Å². The van der Waals surface area contributed by atoms with Crippen LogP contribution in [0.25, 0.3) is 0 Å². The maximum absolute atomic E-state index is 9.66. The van der Waals surface area contributed by atoms with Crippen LogP contribution in [0.15, 0.2) is 60.7 Å². The van der Waals surface area contributed by atoms with E-state index in [1.807, 2.05) is 30.0 Å². The molecule has 0 radical (unpaired) electrons. The standard InChI is InChI=1S/C14H20S2.C12H16O2S2/c1-3-13-11(2)9-14(16-13)15-10-12-7-5-4-6-8-12;13-7-11-10(14)6-12(16-11)15-8-9-4-2-1-3-5-9/h4-8,11,13-14H,3,9-10H2,1-2H3;1-5,10-14H,6-8H2/t11-,13+,14?;10-,11+,12?/m00/s1. The smallest absolute Gasteiger partial charge is 0.0700 e. The quantitative estimate of drug-likeness (QED) is 0.404. The first-order valence-corrected chi connectivity index (χ1v) is 15.5. The molecule has 2 N–H and O–H groups in total. The summed E-state index contributed by atoms with van der Waals surface area (Å²) in [6, 6.07) is 21.2. The Hall–Kier alpha value is -0.240. The van der Waals surface area contributed by atoms with Crippen LogP contribution in [0.3, 0.4) is 0 Å². The molecule has 32 heavy (non-hydrogen) atoms. The number of hydrogen-bond acceptors (Lipinski definition) is 6. The van der Waals surface area contributed by atoms with E-state index in [0.717, 1.165) is 27.9 Å². The lowest BCUT2D eigenvalue weighted by Gasteiger charge is -2.10. The zero-order chi connectivity index (χ0) is 22.8. The summed E-state index contributed by atoms with van der Waals surface area (Å²) in [5.74, 6) is 3.05. The summed E-state index contributed by atoms with van der Waals surface area (Å²) in [5.41, 5.74) is 2.77. The highest BCUT2D eigenvalue weighted by Crippen LogP contribution is 2.45. The van der Waals surface area contributed by atoms with Crippen LogP contribution < -0.4 is 0 Å². The molecule has 2 heterocycles. The van der Waals surface area contributed by atoms with Crippen molar-refractivity contribution in [1.82, 2.24) is 0 Å². The Morgan fingerprint density at radius 1 is 0.812 bits per heavy atom. The first-order valence-electron chi connectivity index (χ1n) is 11.5. The van der Waals surface area contributed by atoms with Crippen LogP contribution in [0.2, 0.25) is 0 Å². The van der Waals surface area contributed by atoms with Crippen molar-refractivity contribution < 1.29 is 10.2 Å². The molecular formula is C26H36O2S4. The second-order valence-electron chi connectivity index (χ2n) is 8.41. The molecule has 0 saturated carbocycles. The number of thioether (sulfide) groups is 4. The van der Waals surface area contributed by atoms with Gasteiger partial charge in [-0.2, -0.15) is 0 Å². The summed E-state index contributed by atoms with van der Waals surface area (Å²) in [5, 5.41) is 19.6. The van der Waals surface area contributed by atoms with Crippen molar-refractivity contribution in [3.8, 4) is 0 Å². The average Bonchev–Trinajstić information content (AvgIpc) is 3.39. The maximum atomic E-state index is 9.66. The molecule has 0 spiro atoms. The molecule has 2 aromatic rings. The van der Waals surface area contributed by atoms with Crippen molar-refractivity contribution in [3.63, 3.8) is 0 Å². The zero-order valence-corrected chi connectivity index (χ0v) is 22.3. The van der Waals surface area contributed by atoms with E-state index in [1.54, 1.807) is 11.8 Å². The molecule has 0 aromatic heterocycles. The lowest BCUT2D eigenvalue weighted by molar-refractivity contribution is 0.144. The van der Waals surface area contributed by atoms with Gasteiger partial charge in [-0.3, -0.25) is 0 Å². The van der Waals surface area contributed by atoms with Crippen molar-refractivity contribution in [2.24, 2.45) is 5.92 Å². The Morgan fingerprint density at radius 2 is 1.31 bits per heavy atom. The van der Waals surface area contributed by atoms with Crippen molar-refractivity contribution in [3.05, 3.63) is 71.8 Å². The zero-order valence-electron chi connectivity index (χ0n) is 19.0. The summed E-state index contributed by atoms with van der Waals surface area (Å²) in [7, 11) is 0. The number of benzene rings is 2. The summed E-state index contributed by atoms with van der Waals surface area (Å²) in [4.78, 5) is 0. The number of aliphatic hydroxyl groups is 2. The van der Waals surface area contributed by atoms with Gasteiger partial charge in [0.15, 0.2) is 0 Å². The van der Waals surface area contributed by atoms with E-state index in [1.165, 1.54) is 29.7 Å². The van der Waals surface area contributed by atoms with Crippen molar-refractivity contribution in [2.45, 2.75) is 70.4 Å². The fraction of sp³-hybridized carbons (Fsp3) is 0.538. The molecule has 6 heteroatoms. The van der Waals surface area contributed by atoms with Gasteiger partial charge in [-0.15, -0.1) is 47.0 Å². The largest absolute Gasteiger partial charge is 0.395 e. The van der Waals surface area contributed by atoms with Crippen LogP contribution in [0.5, 0.6) is 0 Å². The molecule has 0 aliphatic carbocycles. The molecular weight excluding hydrogens is 473 g/mol. The lowest BCUT2D eigenvalue weighted by atomic mass is 10.0. The third-order valence-corrected chi connectivity index (χ3v) is 12.4. The number of hydrogen-bond donors (Lipinski definition) is 2. The predicted octanol–water partition coefficient (Wildman–Crippen LogP) is 6.90. The van der Waals surface area contributed by atoms with Gasteiger partial charge in [0.05, 0.1) is 27.1 Å². The molecule has 0 amide bonds. The lowest BCUT2D eigenvalue weighted by Crippen LogP contribution is -2.20. The average molecular weight is 509 g/mol. The highest BCUT2D eigenvalue weighted by Gasteiger charge is 2.33. The van der Waals surface area contributed by atoms with Crippen molar-refractivity contribution in [1.29, 1.82) is 0 Å². The maximum Gasteiger partial charge on any atom is 0.0700 e. The van der Waals surface area contributed by atoms with Gasteiger partial charge in [0.2, 0.25) is 0 Å². The van der Waals surface area contributed by atoms with Crippen molar-refractivity contribution >= 4 is 47.0 Å². The third kappa shape index (κ3) is 8.52. The summed E-state index contributed by atoms with van der Waals surface area (Å²) < 4.78 is 1.23. The molecule has 4 rings (SSSR count). The van der Waals surface area contributed by atoms with E-state index in [9.17, 15) is 5.11 Å². The highest BCUT2D eigenvalue weighted by molar-refractivity contribution is 8.17. The monoisotopic (exact) mass is 508 g/mol. The van der Waals surface area contributed by atoms with Crippen molar-refractivity contribution in [2.75, 3.05) is 6.61 Å². The predicted molar refractivity (Wildman–Crippen MR) is 148 cm³/mol. The van der Waals surface area contributed by atoms with Crippen LogP contribution in [-0.2, 0) is 11.5 Å². The highest BCUT2D eigenvalue weighted by atomic mass is 32.2. The van der Waals surface area contributed by atoms with E-state index in [0.29, 0.717) is 4.58 Å². The van der Waals surface area contributed by atoms with Gasteiger partial charge < -0.3 is 10.2 Å². The minimum absolute atomic E-state index is 0.00766. The van der Waals surface area contributed by atoms with Gasteiger partial charge in [-0.25, -0.2) is 0 Å². The van der Waals surface area contributed by atoms with E-state index >= 15 is 0 Å². The Labute approximate surface area is 211 Å². The fourth-order valence-electron chi connectivity index (χ4n) is 3.93. The molecule has 176 valence electrons. The number of rotatable bonds is 8. The van der Waals surface area contributed by atoms with E-state index in [4.69, 9.17) is 5.11 Å². The summed E-state index contributed by atoms with van der Waals surface area (Å²) >= 11 is 7.88. The molecule has 2 nitrogen and oxygen atoms in total. The molecule has 2 saturated heterocycles. The van der Waals surface area contributed by atoms with Crippen LogP contribution in [0.1, 0.15) is 44.2 Å². The van der Waals surface area contributed by atoms with Gasteiger partial charge in [0.1, 0.15) is 0 Å². The van der Waals surface area contributed by atoms with E-state index in [-0.39, 0.29) is 18.0 Å². The van der Waals surface area contributed by atoms with E-state index in [2.05, 4.69) is 79.8 Å². The Morgan fingerprint density at radius 3 is 1.75 bits per heavy atom. The van der Waals surface area contributed by atoms with Crippen LogP contribution >= 0.6 is 47.0 Å². The van der Waals surface area contributed by atoms with Crippen LogP contribution in [0, 0.1) is 5.92 Å². The summed E-state index contributed by atoms with van der Waals surface area (Å²) in [6.07, 6.45) is 3.16. The van der Waals surface area contributed by atoms with Crippen LogP contribution in [0.4, 0.5) is 0 Å². The van der Waals surface area contributed by atoms with Crippen LogP contribution in [-0.4, -0.2) is 42.6 Å². The second-order valence-corrected chi connectivity index (χ2v) is 14.3. The minimum atomic E-state index is -0.344. The van der Waals surface area contributed by atoms with E-state index < -0.39 is 0 Å². The van der Waals surface area contributed by atoms with Gasteiger partial charge in [-0.1, -0.05) is 74.5 Å². The Balaban J connectivity index is 0.000000181. The van der Waals surface area contributed by atoms with Gasteiger partial charge in [0.25, 0.3) is 0 Å². The van der Waals surface area contributed by atoms with Gasteiger partial charge in [0, 0.05) is 16.8 Å². The fourth-order valence-corrected chi connectivity index (χ4v) is 10.2. The third-order valence-electron chi connectivity index (χ3n) is 5.85. The van der Waals surface area contributed by atoms with Gasteiger partial charge in [-0.05, 0) is 36.3 Å². The molecule has 6 atom stereocenters. The molecule has 2 unspecified atom stereocenters. The Kier molecular flexibility index (Phi) is 11.7. The molecule has 2 aliphatic rings. The summed E-state index contributed by atoms with van der Waals surface area (Å²) in [6.45, 7) is 4.80. The first-order chi connectivity index (χ1) is 15.6. The normalized spacial score (nSPS) is 29.5. The second kappa shape index (κ2) is 14.2. The molecule has 0 bridgehead atoms. The number of aliphatic hydroxyl groups excluding tert-OH is 2. The first kappa shape index (κ1) is 26.4. The Bertz CT molecular complexity index is 695. The molecule has 2 aromatic carbocycles. The molecule has 2 fully saturated rings. The topological polar surface area (TPSA) is 40.5 Å². The SMILES string of the molecule is CC[C@H]1SC(SCc2ccccc2)C[C@@H]1C.OC[C@H]1SC(SCc2ccccc2)C[C@@H]1O. The molecule has 2 aliphatic heterocycles. The minimum Gasteiger partial charge on any atom is -0.395 e.